The van der Waals surface area contributed by atoms with Crippen LogP contribution < -0.4 is 10.1 Å². The SMILES string of the molecule is CC(C)(C)c1ccc([C@H](CNC(=O)COc2ccccc2Cl)N2CCOCC2)cc1. The van der Waals surface area contributed by atoms with E-state index in [2.05, 4.69) is 55.3 Å². The summed E-state index contributed by atoms with van der Waals surface area (Å²) in [5.74, 6) is 0.344. The molecule has 1 saturated heterocycles. The highest BCUT2D eigenvalue weighted by Gasteiger charge is 2.24. The lowest BCUT2D eigenvalue weighted by molar-refractivity contribution is -0.123. The van der Waals surface area contributed by atoms with E-state index in [1.807, 2.05) is 12.1 Å². The third-order valence-corrected chi connectivity index (χ3v) is 5.65. The standard InChI is InChI=1S/C24H31ClN2O3/c1-24(2,3)19-10-8-18(9-11-19)21(27-12-14-29-15-13-27)16-26-23(28)17-30-22-7-5-4-6-20(22)25/h4-11,21H,12-17H2,1-3H3,(H,26,28)/t21-/m0/s1. The molecule has 2 aromatic rings. The Kier molecular flexibility index (Phi) is 7.75. The van der Waals surface area contributed by atoms with Crippen molar-refractivity contribution in [3.8, 4) is 5.75 Å². The Bertz CT molecular complexity index is 827. The molecule has 1 fully saturated rings. The quantitative estimate of drug-likeness (QED) is 0.715. The zero-order valence-corrected chi connectivity index (χ0v) is 18.7. The fourth-order valence-corrected chi connectivity index (χ4v) is 3.71. The molecule has 162 valence electrons. The number of carbonyl (C=O) groups excluding carboxylic acids is 1. The molecule has 30 heavy (non-hydrogen) atoms. The van der Waals surface area contributed by atoms with Gasteiger partial charge >= 0.3 is 0 Å². The molecule has 0 radical (unpaired) electrons. The Labute approximate surface area is 184 Å². The van der Waals surface area contributed by atoms with Crippen LogP contribution in [-0.4, -0.2) is 50.3 Å². The Morgan fingerprint density at radius 3 is 2.43 bits per heavy atom. The predicted molar refractivity (Wildman–Crippen MR) is 120 cm³/mol. The first-order valence-corrected chi connectivity index (χ1v) is 10.8. The number of hydrogen-bond donors (Lipinski definition) is 1. The van der Waals surface area contributed by atoms with Gasteiger partial charge in [0, 0.05) is 19.6 Å². The summed E-state index contributed by atoms with van der Waals surface area (Å²) in [5.41, 5.74) is 2.60. The molecule has 1 aliphatic rings. The third-order valence-electron chi connectivity index (χ3n) is 5.34. The Balaban J connectivity index is 1.64. The second-order valence-electron chi connectivity index (χ2n) is 8.56. The Hall–Kier alpha value is -2.08. The maximum absolute atomic E-state index is 12.4. The lowest BCUT2D eigenvalue weighted by Gasteiger charge is -2.35. The van der Waals surface area contributed by atoms with Crippen molar-refractivity contribution in [3.63, 3.8) is 0 Å². The number of para-hydroxylation sites is 1. The molecule has 0 unspecified atom stereocenters. The van der Waals surface area contributed by atoms with E-state index in [0.717, 1.165) is 13.1 Å². The fourth-order valence-electron chi connectivity index (χ4n) is 3.52. The van der Waals surface area contributed by atoms with Crippen LogP contribution in [0.5, 0.6) is 5.75 Å². The van der Waals surface area contributed by atoms with E-state index in [4.69, 9.17) is 21.1 Å². The van der Waals surface area contributed by atoms with E-state index in [9.17, 15) is 4.79 Å². The average Bonchev–Trinajstić information content (AvgIpc) is 2.74. The molecule has 3 rings (SSSR count). The van der Waals surface area contributed by atoms with Crippen LogP contribution in [0.4, 0.5) is 0 Å². The molecule has 6 heteroatoms. The summed E-state index contributed by atoms with van der Waals surface area (Å²) in [6, 6.07) is 16.0. The van der Waals surface area contributed by atoms with Crippen molar-refractivity contribution in [1.82, 2.24) is 10.2 Å². The van der Waals surface area contributed by atoms with Crippen LogP contribution in [0, 0.1) is 0 Å². The lowest BCUT2D eigenvalue weighted by atomic mass is 9.86. The molecule has 0 aliphatic carbocycles. The predicted octanol–water partition coefficient (Wildman–Crippen LogP) is 4.21. The first-order valence-electron chi connectivity index (χ1n) is 10.4. The van der Waals surface area contributed by atoms with Crippen LogP contribution in [0.15, 0.2) is 48.5 Å². The topological polar surface area (TPSA) is 50.8 Å². The molecule has 0 saturated carbocycles. The minimum Gasteiger partial charge on any atom is -0.482 e. The van der Waals surface area contributed by atoms with Gasteiger partial charge in [-0.25, -0.2) is 0 Å². The first kappa shape index (κ1) is 22.6. The van der Waals surface area contributed by atoms with Crippen molar-refractivity contribution in [2.45, 2.75) is 32.2 Å². The molecule has 2 aromatic carbocycles. The van der Waals surface area contributed by atoms with Crippen molar-refractivity contribution < 1.29 is 14.3 Å². The van der Waals surface area contributed by atoms with Crippen LogP contribution in [0.3, 0.4) is 0 Å². The lowest BCUT2D eigenvalue weighted by Crippen LogP contribution is -2.44. The van der Waals surface area contributed by atoms with E-state index in [0.29, 0.717) is 30.5 Å². The molecule has 1 atom stereocenters. The molecular weight excluding hydrogens is 400 g/mol. The molecular formula is C24H31ClN2O3. The molecule has 0 spiro atoms. The van der Waals surface area contributed by atoms with Gasteiger partial charge in [0.15, 0.2) is 6.61 Å². The van der Waals surface area contributed by atoms with Gasteiger partial charge in [-0.15, -0.1) is 0 Å². The zero-order valence-electron chi connectivity index (χ0n) is 18.0. The molecule has 1 amide bonds. The maximum atomic E-state index is 12.4. The summed E-state index contributed by atoms with van der Waals surface area (Å²) in [7, 11) is 0. The van der Waals surface area contributed by atoms with Gasteiger partial charge in [-0.3, -0.25) is 9.69 Å². The van der Waals surface area contributed by atoms with E-state index < -0.39 is 0 Å². The summed E-state index contributed by atoms with van der Waals surface area (Å²) in [4.78, 5) is 14.8. The van der Waals surface area contributed by atoms with Gasteiger partial charge in [-0.1, -0.05) is 68.8 Å². The van der Waals surface area contributed by atoms with E-state index in [-0.39, 0.29) is 24.0 Å². The number of hydrogen-bond acceptors (Lipinski definition) is 4. The number of halogens is 1. The van der Waals surface area contributed by atoms with Gasteiger partial charge in [-0.2, -0.15) is 0 Å². The average molecular weight is 431 g/mol. The number of rotatable bonds is 7. The minimum absolute atomic E-state index is 0.0669. The van der Waals surface area contributed by atoms with Crippen molar-refractivity contribution in [2.75, 3.05) is 39.5 Å². The summed E-state index contributed by atoms with van der Waals surface area (Å²) in [6.45, 7) is 10.2. The van der Waals surface area contributed by atoms with Crippen LogP contribution in [0.2, 0.25) is 5.02 Å². The van der Waals surface area contributed by atoms with E-state index >= 15 is 0 Å². The van der Waals surface area contributed by atoms with Gasteiger partial charge in [0.1, 0.15) is 5.75 Å². The third kappa shape index (κ3) is 6.21. The van der Waals surface area contributed by atoms with Crippen LogP contribution in [0.1, 0.15) is 37.9 Å². The number of amides is 1. The normalized spacial score (nSPS) is 16.1. The minimum atomic E-state index is -0.167. The Morgan fingerprint density at radius 2 is 1.80 bits per heavy atom. The zero-order chi connectivity index (χ0) is 21.6. The van der Waals surface area contributed by atoms with Crippen LogP contribution in [-0.2, 0) is 14.9 Å². The summed E-state index contributed by atoms with van der Waals surface area (Å²) in [6.07, 6.45) is 0. The van der Waals surface area contributed by atoms with Gasteiger partial charge in [0.05, 0.1) is 24.3 Å². The molecule has 1 N–H and O–H groups in total. The number of nitrogens with one attached hydrogen (secondary N) is 1. The largest absolute Gasteiger partial charge is 0.482 e. The van der Waals surface area contributed by atoms with Crippen molar-refractivity contribution in [3.05, 3.63) is 64.7 Å². The number of nitrogens with zero attached hydrogens (tertiary/aromatic N) is 1. The number of benzene rings is 2. The van der Waals surface area contributed by atoms with Crippen molar-refractivity contribution in [1.29, 1.82) is 0 Å². The van der Waals surface area contributed by atoms with Gasteiger partial charge in [-0.05, 0) is 28.7 Å². The summed E-state index contributed by atoms with van der Waals surface area (Å²) >= 11 is 6.09. The van der Waals surface area contributed by atoms with Crippen molar-refractivity contribution >= 4 is 17.5 Å². The smallest absolute Gasteiger partial charge is 0.258 e. The maximum Gasteiger partial charge on any atom is 0.258 e. The van der Waals surface area contributed by atoms with E-state index in [1.54, 1.807) is 12.1 Å². The molecule has 0 aromatic heterocycles. The highest BCUT2D eigenvalue weighted by molar-refractivity contribution is 6.32. The fraction of sp³-hybridized carbons (Fsp3) is 0.458. The molecule has 1 heterocycles. The number of ether oxygens (including phenoxy) is 2. The first-order chi connectivity index (χ1) is 14.3. The second-order valence-corrected chi connectivity index (χ2v) is 8.97. The highest BCUT2D eigenvalue weighted by atomic mass is 35.5. The molecule has 1 aliphatic heterocycles. The number of morpholine rings is 1. The second kappa shape index (κ2) is 10.3. The highest BCUT2D eigenvalue weighted by Crippen LogP contribution is 2.27. The molecule has 5 nitrogen and oxygen atoms in total. The van der Waals surface area contributed by atoms with Gasteiger partial charge < -0.3 is 14.8 Å². The number of carbonyl (C=O) groups is 1. The Morgan fingerprint density at radius 1 is 1.13 bits per heavy atom. The van der Waals surface area contributed by atoms with Crippen LogP contribution >= 0.6 is 11.6 Å². The summed E-state index contributed by atoms with van der Waals surface area (Å²) < 4.78 is 11.1. The van der Waals surface area contributed by atoms with Crippen molar-refractivity contribution in [2.24, 2.45) is 0 Å². The van der Waals surface area contributed by atoms with Crippen LogP contribution in [0.25, 0.3) is 0 Å². The van der Waals surface area contributed by atoms with Gasteiger partial charge in [0.2, 0.25) is 0 Å². The van der Waals surface area contributed by atoms with E-state index in [1.165, 1.54) is 11.1 Å². The summed E-state index contributed by atoms with van der Waals surface area (Å²) in [5, 5.41) is 3.52. The molecule has 0 bridgehead atoms. The monoisotopic (exact) mass is 430 g/mol. The van der Waals surface area contributed by atoms with Gasteiger partial charge in [0.25, 0.3) is 5.91 Å².